The molecule has 7 rings (SSSR count). The van der Waals surface area contributed by atoms with Crippen LogP contribution >= 0.6 is 0 Å². The van der Waals surface area contributed by atoms with Crippen molar-refractivity contribution >= 4 is 27.0 Å². The van der Waals surface area contributed by atoms with Gasteiger partial charge in [-0.25, -0.2) is 17.7 Å². The van der Waals surface area contributed by atoms with Crippen molar-refractivity contribution in [3.8, 4) is 16.9 Å². The molecule has 2 fully saturated rings. The van der Waals surface area contributed by atoms with Gasteiger partial charge in [0, 0.05) is 37.9 Å². The van der Waals surface area contributed by atoms with E-state index in [-0.39, 0.29) is 17.3 Å². The number of aromatic nitrogens is 4. The van der Waals surface area contributed by atoms with Gasteiger partial charge in [-0.2, -0.15) is 0 Å². The molecule has 3 aromatic heterocycles. The molecule has 0 amide bonds. The molecule has 1 saturated carbocycles. The van der Waals surface area contributed by atoms with Crippen molar-refractivity contribution in [3.63, 3.8) is 0 Å². The molecule has 10 nitrogen and oxygen atoms in total. The third-order valence-electron chi connectivity index (χ3n) is 8.42. The minimum absolute atomic E-state index is 0.00853. The average Bonchev–Trinajstić information content (AvgIpc) is 3.69. The lowest BCUT2D eigenvalue weighted by Gasteiger charge is -2.38. The van der Waals surface area contributed by atoms with Gasteiger partial charge in [0.15, 0.2) is 5.75 Å². The summed E-state index contributed by atoms with van der Waals surface area (Å²) < 4.78 is 41.6. The monoisotopic (exact) mass is 548 g/mol. The number of piperidine rings is 1. The molecular weight excluding hydrogens is 516 g/mol. The van der Waals surface area contributed by atoms with Gasteiger partial charge in [0.25, 0.3) is 0 Å². The fourth-order valence-electron chi connectivity index (χ4n) is 6.14. The molecule has 2 aliphatic heterocycles. The number of aryl methyl sites for hydroxylation is 2. The molecule has 11 heteroatoms. The summed E-state index contributed by atoms with van der Waals surface area (Å²) in [5, 5.41) is 3.98. The highest BCUT2D eigenvalue weighted by molar-refractivity contribution is 7.90. The Morgan fingerprint density at radius 3 is 2.51 bits per heavy atom. The van der Waals surface area contributed by atoms with Gasteiger partial charge >= 0.3 is 0 Å². The first-order valence-electron chi connectivity index (χ1n) is 13.6. The number of anilines is 1. The van der Waals surface area contributed by atoms with Crippen molar-refractivity contribution in [2.45, 2.75) is 56.9 Å². The van der Waals surface area contributed by atoms with Gasteiger partial charge in [0.1, 0.15) is 23.9 Å². The lowest BCUT2D eigenvalue weighted by atomic mass is 10.0. The Balaban J connectivity index is 1.30. The van der Waals surface area contributed by atoms with Gasteiger partial charge < -0.3 is 14.2 Å². The maximum absolute atomic E-state index is 12.8. The van der Waals surface area contributed by atoms with Crippen LogP contribution in [0.25, 0.3) is 22.2 Å². The molecule has 0 spiro atoms. The van der Waals surface area contributed by atoms with E-state index < -0.39 is 10.0 Å². The summed E-state index contributed by atoms with van der Waals surface area (Å²) in [5.41, 5.74) is 5.40. The van der Waals surface area contributed by atoms with Crippen molar-refractivity contribution in [1.82, 2.24) is 24.0 Å². The highest BCUT2D eigenvalue weighted by Crippen LogP contribution is 2.46. The van der Waals surface area contributed by atoms with Crippen LogP contribution in [-0.2, 0) is 10.0 Å². The number of imidazole rings is 1. The summed E-state index contributed by atoms with van der Waals surface area (Å²) >= 11 is 0. The quantitative estimate of drug-likeness (QED) is 0.355. The fraction of sp³-hybridized carbons (Fsp3) is 0.464. The fourth-order valence-corrected chi connectivity index (χ4v) is 7.97. The first-order valence-corrected chi connectivity index (χ1v) is 15.1. The maximum Gasteiger partial charge on any atom is 0.216 e. The number of rotatable bonds is 6. The molecule has 4 aromatic rings. The summed E-state index contributed by atoms with van der Waals surface area (Å²) in [6.45, 7) is 5.72. The molecule has 0 radical (unpaired) electrons. The van der Waals surface area contributed by atoms with Crippen molar-refractivity contribution < 1.29 is 17.7 Å². The van der Waals surface area contributed by atoms with Gasteiger partial charge in [-0.05, 0) is 63.8 Å². The second-order valence-corrected chi connectivity index (χ2v) is 13.1. The Kier molecular flexibility index (Phi) is 5.71. The molecule has 1 aromatic carbocycles. The molecule has 39 heavy (non-hydrogen) atoms. The van der Waals surface area contributed by atoms with Gasteiger partial charge in [0.05, 0.1) is 27.7 Å². The van der Waals surface area contributed by atoms with Crippen LogP contribution in [0, 0.1) is 13.8 Å². The van der Waals surface area contributed by atoms with Crippen LogP contribution in [0.4, 0.5) is 5.95 Å². The first kappa shape index (κ1) is 24.6. The topological polar surface area (TPSA) is 107 Å². The number of sulfonamides is 1. The van der Waals surface area contributed by atoms with Crippen molar-refractivity contribution in [2.24, 2.45) is 0 Å². The van der Waals surface area contributed by atoms with E-state index in [1.165, 1.54) is 0 Å². The number of benzene rings is 1. The minimum Gasteiger partial charge on any atom is -0.488 e. The minimum atomic E-state index is -3.20. The van der Waals surface area contributed by atoms with E-state index >= 15 is 0 Å². The van der Waals surface area contributed by atoms with Crippen molar-refractivity contribution in [2.75, 3.05) is 31.6 Å². The summed E-state index contributed by atoms with van der Waals surface area (Å²) in [7, 11) is -1.45. The average molecular weight is 549 g/mol. The smallest absolute Gasteiger partial charge is 0.216 e. The molecule has 1 unspecified atom stereocenters. The Labute approximate surface area is 227 Å². The summed E-state index contributed by atoms with van der Waals surface area (Å²) in [6.07, 6.45) is 4.89. The Hall–Kier alpha value is -3.44. The van der Waals surface area contributed by atoms with E-state index in [2.05, 4.69) is 19.6 Å². The van der Waals surface area contributed by atoms with Crippen LogP contribution in [0.3, 0.4) is 0 Å². The molecule has 204 valence electrons. The molecule has 1 saturated heterocycles. The largest absolute Gasteiger partial charge is 0.488 e. The van der Waals surface area contributed by atoms with Gasteiger partial charge in [-0.3, -0.25) is 9.55 Å². The Morgan fingerprint density at radius 1 is 1.05 bits per heavy atom. The highest BCUT2D eigenvalue weighted by atomic mass is 32.2. The predicted octanol–water partition coefficient (Wildman–Crippen LogP) is 4.08. The molecule has 0 bridgehead atoms. The zero-order chi connectivity index (χ0) is 26.9. The van der Waals surface area contributed by atoms with Crippen LogP contribution < -0.4 is 9.64 Å². The zero-order valence-corrected chi connectivity index (χ0v) is 23.2. The third kappa shape index (κ3) is 3.93. The Bertz CT molecular complexity index is 1630. The van der Waals surface area contributed by atoms with Crippen LogP contribution in [0.15, 0.2) is 41.1 Å². The van der Waals surface area contributed by atoms with Gasteiger partial charge in [-0.1, -0.05) is 11.2 Å². The normalized spacial score (nSPS) is 20.1. The SMILES string of the molecule is Cc1noc(C)c1-c1ccc2nc(N3CCC(N(C)S(=O)(=O)C4CC4)CC3)n3c2c1OCC3c1ccccn1. The molecule has 5 heterocycles. The first-order chi connectivity index (χ1) is 18.8. The number of hydrogen-bond donors (Lipinski definition) is 0. The lowest BCUT2D eigenvalue weighted by molar-refractivity contribution is 0.256. The lowest BCUT2D eigenvalue weighted by Crippen LogP contribution is -2.47. The third-order valence-corrected chi connectivity index (χ3v) is 10.8. The molecular formula is C28H32N6O4S. The maximum atomic E-state index is 12.8. The predicted molar refractivity (Wildman–Crippen MR) is 148 cm³/mol. The zero-order valence-electron chi connectivity index (χ0n) is 22.4. The van der Waals surface area contributed by atoms with Gasteiger partial charge in [-0.15, -0.1) is 0 Å². The molecule has 3 aliphatic rings. The summed E-state index contributed by atoms with van der Waals surface area (Å²) in [6, 6.07) is 9.87. The van der Waals surface area contributed by atoms with Crippen molar-refractivity contribution in [3.05, 3.63) is 53.7 Å². The van der Waals surface area contributed by atoms with Gasteiger partial charge in [0.2, 0.25) is 16.0 Å². The number of hydrogen-bond acceptors (Lipinski definition) is 8. The second-order valence-electron chi connectivity index (χ2n) is 10.9. The number of nitrogens with zero attached hydrogens (tertiary/aromatic N) is 6. The van der Waals surface area contributed by atoms with Crippen LogP contribution in [-0.4, -0.2) is 70.5 Å². The van der Waals surface area contributed by atoms with E-state index in [4.69, 9.17) is 14.2 Å². The number of ether oxygens (including phenoxy) is 1. The van der Waals surface area contributed by atoms with E-state index in [1.54, 1.807) is 17.5 Å². The van der Waals surface area contributed by atoms with Crippen molar-refractivity contribution in [1.29, 1.82) is 0 Å². The highest BCUT2D eigenvalue weighted by Gasteiger charge is 2.42. The Morgan fingerprint density at radius 2 is 1.85 bits per heavy atom. The molecule has 1 atom stereocenters. The van der Waals surface area contributed by atoms with E-state index in [9.17, 15) is 8.42 Å². The molecule has 0 N–H and O–H groups in total. The number of pyridine rings is 1. The van der Waals surface area contributed by atoms with E-state index in [0.717, 1.165) is 89.8 Å². The summed E-state index contributed by atoms with van der Waals surface area (Å²) in [5.74, 6) is 2.39. The van der Waals surface area contributed by atoms with E-state index in [1.807, 2.05) is 44.2 Å². The van der Waals surface area contributed by atoms with Crippen LogP contribution in [0.1, 0.15) is 48.9 Å². The second kappa shape index (κ2) is 9.06. The van der Waals surface area contributed by atoms with Crippen LogP contribution in [0.5, 0.6) is 5.75 Å². The van der Waals surface area contributed by atoms with E-state index in [0.29, 0.717) is 6.61 Å². The molecule has 1 aliphatic carbocycles. The summed E-state index contributed by atoms with van der Waals surface area (Å²) in [4.78, 5) is 12.1. The standard InChI is InChI=1S/C28H32N6O4S/c1-17-25(18(2)38-31-17)21-9-10-23-26-27(21)37-16-24(22-6-4-5-13-29-22)34(26)28(30-23)33-14-11-19(12-15-33)32(3)39(35,36)20-7-8-20/h4-6,9-10,13,19-20,24H,7-8,11-12,14-16H2,1-3H3. The van der Waals surface area contributed by atoms with Crippen LogP contribution in [0.2, 0.25) is 0 Å².